The van der Waals surface area contributed by atoms with Crippen molar-refractivity contribution in [3.63, 3.8) is 0 Å². The molecule has 5 nitrogen and oxygen atoms in total. The molecule has 2 rings (SSSR count). The van der Waals surface area contributed by atoms with E-state index >= 15 is 0 Å². The van der Waals surface area contributed by atoms with Gasteiger partial charge in [-0.2, -0.15) is 0 Å². The van der Waals surface area contributed by atoms with Crippen LogP contribution in [0.2, 0.25) is 5.02 Å². The van der Waals surface area contributed by atoms with E-state index in [9.17, 15) is 8.42 Å². The number of aromatic nitrogens is 1. The average molecular weight is 332 g/mol. The molecule has 0 aliphatic heterocycles. The van der Waals surface area contributed by atoms with Crippen LogP contribution in [0.5, 0.6) is 0 Å². The van der Waals surface area contributed by atoms with Crippen LogP contribution < -0.4 is 4.72 Å². The summed E-state index contributed by atoms with van der Waals surface area (Å²) < 4.78 is 26.8. The van der Waals surface area contributed by atoms with Crippen LogP contribution in [-0.4, -0.2) is 32.4 Å². The lowest BCUT2D eigenvalue weighted by molar-refractivity contribution is 0.398. The standard InChI is InChI=1S/C12H14ClN3O2S2/c1-16(2)7-10-8-19-12(14-10)15-20(17,18)11-5-3-9(13)4-6-11/h3-6,8H,7H2,1-2H3,(H,14,15). The topological polar surface area (TPSA) is 62.3 Å². The first kappa shape index (κ1) is 15.2. The van der Waals surface area contributed by atoms with Gasteiger partial charge in [0.05, 0.1) is 10.6 Å². The maximum absolute atomic E-state index is 12.1. The summed E-state index contributed by atoms with van der Waals surface area (Å²) >= 11 is 7.01. The van der Waals surface area contributed by atoms with Gasteiger partial charge in [0, 0.05) is 16.9 Å². The van der Waals surface area contributed by atoms with Gasteiger partial charge in [-0.3, -0.25) is 4.72 Å². The second-order valence-corrected chi connectivity index (χ2v) is 7.42. The number of sulfonamides is 1. The van der Waals surface area contributed by atoms with Gasteiger partial charge < -0.3 is 4.90 Å². The van der Waals surface area contributed by atoms with E-state index in [4.69, 9.17) is 11.6 Å². The Kier molecular flexibility index (Phi) is 4.64. The first-order valence-electron chi connectivity index (χ1n) is 5.74. The van der Waals surface area contributed by atoms with Crippen LogP contribution in [0.15, 0.2) is 34.5 Å². The molecule has 2 aromatic rings. The van der Waals surface area contributed by atoms with Crippen molar-refractivity contribution in [1.82, 2.24) is 9.88 Å². The number of rotatable bonds is 5. The molecule has 20 heavy (non-hydrogen) atoms. The zero-order chi connectivity index (χ0) is 14.8. The van der Waals surface area contributed by atoms with E-state index in [1.165, 1.54) is 35.6 Å². The van der Waals surface area contributed by atoms with E-state index in [1.807, 2.05) is 24.4 Å². The fourth-order valence-electron chi connectivity index (χ4n) is 1.54. The minimum Gasteiger partial charge on any atom is -0.304 e. The summed E-state index contributed by atoms with van der Waals surface area (Å²) in [5.41, 5.74) is 0.828. The molecule has 8 heteroatoms. The maximum Gasteiger partial charge on any atom is 0.263 e. The summed E-state index contributed by atoms with van der Waals surface area (Å²) in [6.45, 7) is 0.666. The van der Waals surface area contributed by atoms with Gasteiger partial charge in [-0.05, 0) is 38.4 Å². The first-order valence-corrected chi connectivity index (χ1v) is 8.48. The zero-order valence-corrected chi connectivity index (χ0v) is 13.4. The predicted molar refractivity (Wildman–Crippen MR) is 81.8 cm³/mol. The highest BCUT2D eigenvalue weighted by atomic mass is 35.5. The molecule has 0 amide bonds. The summed E-state index contributed by atoms with van der Waals surface area (Å²) in [4.78, 5) is 6.36. The van der Waals surface area contributed by atoms with Crippen LogP contribution >= 0.6 is 22.9 Å². The number of hydrogen-bond donors (Lipinski definition) is 1. The monoisotopic (exact) mass is 331 g/mol. The molecule has 0 saturated carbocycles. The lowest BCUT2D eigenvalue weighted by atomic mass is 10.4. The number of hydrogen-bond acceptors (Lipinski definition) is 5. The van der Waals surface area contributed by atoms with E-state index in [1.54, 1.807) is 0 Å². The minimum atomic E-state index is -3.62. The molecule has 0 aliphatic carbocycles. The smallest absolute Gasteiger partial charge is 0.263 e. The summed E-state index contributed by atoms with van der Waals surface area (Å²) in [6, 6.07) is 5.99. The molecule has 108 valence electrons. The second kappa shape index (κ2) is 6.09. The Labute approximate surface area is 127 Å². The fraction of sp³-hybridized carbons (Fsp3) is 0.250. The predicted octanol–water partition coefficient (Wildman–Crippen LogP) is 2.66. The van der Waals surface area contributed by atoms with Crippen LogP contribution in [0.1, 0.15) is 5.69 Å². The van der Waals surface area contributed by atoms with Crippen molar-refractivity contribution in [3.8, 4) is 0 Å². The van der Waals surface area contributed by atoms with Crippen molar-refractivity contribution < 1.29 is 8.42 Å². The molecule has 1 aromatic heterocycles. The van der Waals surface area contributed by atoms with Crippen molar-refractivity contribution in [2.75, 3.05) is 18.8 Å². The SMILES string of the molecule is CN(C)Cc1csc(NS(=O)(=O)c2ccc(Cl)cc2)n1. The third-order valence-corrected chi connectivity index (χ3v) is 4.92. The molecule has 0 aliphatic rings. The molecule has 0 spiro atoms. The molecule has 0 fully saturated rings. The Morgan fingerprint density at radius 1 is 1.30 bits per heavy atom. The lowest BCUT2D eigenvalue weighted by Crippen LogP contribution is -2.13. The van der Waals surface area contributed by atoms with Gasteiger partial charge in [-0.1, -0.05) is 11.6 Å². The van der Waals surface area contributed by atoms with Crippen LogP contribution in [0.4, 0.5) is 5.13 Å². The minimum absolute atomic E-state index is 0.159. The number of nitrogens with zero attached hydrogens (tertiary/aromatic N) is 2. The number of nitrogens with one attached hydrogen (secondary N) is 1. The second-order valence-electron chi connectivity index (χ2n) is 4.44. The van der Waals surface area contributed by atoms with E-state index in [2.05, 4.69) is 9.71 Å². The van der Waals surface area contributed by atoms with Crippen molar-refractivity contribution in [1.29, 1.82) is 0 Å². The fourth-order valence-corrected chi connectivity index (χ4v) is 3.62. The summed E-state index contributed by atoms with van der Waals surface area (Å²) in [6.07, 6.45) is 0. The summed E-state index contributed by atoms with van der Waals surface area (Å²) in [5.74, 6) is 0. The van der Waals surface area contributed by atoms with Gasteiger partial charge >= 0.3 is 0 Å². The third kappa shape index (κ3) is 3.92. The Balaban J connectivity index is 2.16. The van der Waals surface area contributed by atoms with Gasteiger partial charge in [-0.15, -0.1) is 11.3 Å². The largest absolute Gasteiger partial charge is 0.304 e. The van der Waals surface area contributed by atoms with Crippen LogP contribution in [-0.2, 0) is 16.6 Å². The van der Waals surface area contributed by atoms with Crippen LogP contribution in [0.25, 0.3) is 0 Å². The van der Waals surface area contributed by atoms with Crippen molar-refractivity contribution in [3.05, 3.63) is 40.4 Å². The Hall–Kier alpha value is -1.15. The molecule has 0 saturated heterocycles. The van der Waals surface area contributed by atoms with Crippen LogP contribution in [0, 0.1) is 0 Å². The highest BCUT2D eigenvalue weighted by Gasteiger charge is 2.16. The van der Waals surface area contributed by atoms with Gasteiger partial charge in [0.25, 0.3) is 10.0 Å². The van der Waals surface area contributed by atoms with Crippen molar-refractivity contribution in [2.45, 2.75) is 11.4 Å². The van der Waals surface area contributed by atoms with Gasteiger partial charge in [0.2, 0.25) is 0 Å². The quantitative estimate of drug-likeness (QED) is 0.915. The van der Waals surface area contributed by atoms with Crippen molar-refractivity contribution >= 4 is 38.1 Å². The van der Waals surface area contributed by atoms with Gasteiger partial charge in [-0.25, -0.2) is 13.4 Å². The highest BCUT2D eigenvalue weighted by molar-refractivity contribution is 7.93. The Bertz CT molecular complexity index is 681. The Morgan fingerprint density at radius 3 is 2.55 bits per heavy atom. The lowest BCUT2D eigenvalue weighted by Gasteiger charge is -2.06. The number of anilines is 1. The summed E-state index contributed by atoms with van der Waals surface area (Å²) in [7, 11) is 0.235. The van der Waals surface area contributed by atoms with Crippen LogP contribution in [0.3, 0.4) is 0 Å². The van der Waals surface area contributed by atoms with E-state index in [0.717, 1.165) is 5.69 Å². The van der Waals surface area contributed by atoms with Gasteiger partial charge in [0.15, 0.2) is 5.13 Å². The zero-order valence-electron chi connectivity index (χ0n) is 11.0. The maximum atomic E-state index is 12.1. The number of thiazole rings is 1. The molecule has 0 unspecified atom stereocenters. The molecular formula is C12H14ClN3O2S2. The molecule has 0 atom stereocenters. The van der Waals surface area contributed by atoms with Gasteiger partial charge in [0.1, 0.15) is 0 Å². The first-order chi connectivity index (χ1) is 9.37. The Morgan fingerprint density at radius 2 is 1.95 bits per heavy atom. The summed E-state index contributed by atoms with van der Waals surface area (Å²) in [5, 5.41) is 2.68. The number of benzene rings is 1. The van der Waals surface area contributed by atoms with E-state index in [0.29, 0.717) is 16.7 Å². The normalized spacial score (nSPS) is 11.8. The highest BCUT2D eigenvalue weighted by Crippen LogP contribution is 2.21. The molecular weight excluding hydrogens is 318 g/mol. The number of halogens is 1. The van der Waals surface area contributed by atoms with E-state index < -0.39 is 10.0 Å². The molecule has 0 bridgehead atoms. The average Bonchev–Trinajstić information content (AvgIpc) is 2.75. The molecule has 1 N–H and O–H groups in total. The molecule has 0 radical (unpaired) electrons. The molecule has 1 heterocycles. The van der Waals surface area contributed by atoms with E-state index in [-0.39, 0.29) is 4.90 Å². The van der Waals surface area contributed by atoms with Crippen molar-refractivity contribution in [2.24, 2.45) is 0 Å². The molecule has 1 aromatic carbocycles. The third-order valence-electron chi connectivity index (χ3n) is 2.38.